The Bertz CT molecular complexity index is 317. The number of thioether (sulfide) groups is 1. The highest BCUT2D eigenvalue weighted by Gasteiger charge is 2.17. The number of nitrogen functional groups attached to an aromatic ring is 1. The van der Waals surface area contributed by atoms with E-state index in [0.29, 0.717) is 0 Å². The minimum Gasteiger partial charge on any atom is -0.399 e. The van der Waals surface area contributed by atoms with E-state index in [2.05, 4.69) is 35.8 Å². The van der Waals surface area contributed by atoms with E-state index >= 15 is 0 Å². The first-order valence-electron chi connectivity index (χ1n) is 5.88. The van der Waals surface area contributed by atoms with Crippen LogP contribution in [0.25, 0.3) is 0 Å². The van der Waals surface area contributed by atoms with Crippen molar-refractivity contribution in [3.63, 3.8) is 0 Å². The van der Waals surface area contributed by atoms with E-state index in [-0.39, 0.29) is 0 Å². The molecule has 2 rings (SSSR count). The Morgan fingerprint density at radius 1 is 1.25 bits per heavy atom. The highest BCUT2D eigenvalue weighted by molar-refractivity contribution is 7.99. The SMILES string of the molecule is CN(Cc1ccc(N)cc1)C1CCSCC1. The Morgan fingerprint density at radius 2 is 1.88 bits per heavy atom. The van der Waals surface area contributed by atoms with E-state index in [0.717, 1.165) is 18.3 Å². The van der Waals surface area contributed by atoms with Crippen molar-refractivity contribution in [2.75, 3.05) is 24.3 Å². The third kappa shape index (κ3) is 3.16. The molecule has 1 fully saturated rings. The fourth-order valence-electron chi connectivity index (χ4n) is 2.17. The number of anilines is 1. The second kappa shape index (κ2) is 5.60. The van der Waals surface area contributed by atoms with Crippen LogP contribution in [0.4, 0.5) is 5.69 Å². The Morgan fingerprint density at radius 3 is 2.50 bits per heavy atom. The summed E-state index contributed by atoms with van der Waals surface area (Å²) >= 11 is 2.08. The number of hydrogen-bond donors (Lipinski definition) is 1. The highest BCUT2D eigenvalue weighted by atomic mass is 32.2. The van der Waals surface area contributed by atoms with Crippen molar-refractivity contribution in [3.05, 3.63) is 29.8 Å². The van der Waals surface area contributed by atoms with Crippen molar-refractivity contribution in [1.29, 1.82) is 0 Å². The smallest absolute Gasteiger partial charge is 0.0314 e. The molecule has 16 heavy (non-hydrogen) atoms. The monoisotopic (exact) mass is 236 g/mol. The van der Waals surface area contributed by atoms with Crippen molar-refractivity contribution >= 4 is 17.4 Å². The van der Waals surface area contributed by atoms with Gasteiger partial charge in [0.15, 0.2) is 0 Å². The van der Waals surface area contributed by atoms with Crippen LogP contribution < -0.4 is 5.73 Å². The van der Waals surface area contributed by atoms with Gasteiger partial charge in [0.2, 0.25) is 0 Å². The molecule has 0 unspecified atom stereocenters. The lowest BCUT2D eigenvalue weighted by atomic mass is 10.1. The lowest BCUT2D eigenvalue weighted by Crippen LogP contribution is -2.34. The van der Waals surface area contributed by atoms with Crippen molar-refractivity contribution < 1.29 is 0 Å². The molecule has 1 aromatic carbocycles. The molecule has 0 bridgehead atoms. The van der Waals surface area contributed by atoms with Crippen molar-refractivity contribution in [2.24, 2.45) is 0 Å². The van der Waals surface area contributed by atoms with Gasteiger partial charge in [0.25, 0.3) is 0 Å². The average Bonchev–Trinajstić information content (AvgIpc) is 2.33. The molecule has 0 aromatic heterocycles. The van der Waals surface area contributed by atoms with E-state index in [1.54, 1.807) is 0 Å². The predicted octanol–water partition coefficient (Wildman–Crippen LogP) is 2.60. The van der Waals surface area contributed by atoms with Crippen LogP contribution >= 0.6 is 11.8 Å². The summed E-state index contributed by atoms with van der Waals surface area (Å²) in [5.41, 5.74) is 7.89. The number of nitrogens with two attached hydrogens (primary N) is 1. The summed E-state index contributed by atoms with van der Waals surface area (Å²) in [6.45, 7) is 1.04. The van der Waals surface area contributed by atoms with E-state index in [4.69, 9.17) is 5.73 Å². The molecular formula is C13H20N2S. The minimum absolute atomic E-state index is 0.763. The van der Waals surface area contributed by atoms with Crippen LogP contribution in [0.2, 0.25) is 0 Å². The average molecular weight is 236 g/mol. The van der Waals surface area contributed by atoms with Gasteiger partial charge >= 0.3 is 0 Å². The van der Waals surface area contributed by atoms with Gasteiger partial charge in [0, 0.05) is 18.3 Å². The van der Waals surface area contributed by atoms with Crippen LogP contribution in [0, 0.1) is 0 Å². The molecular weight excluding hydrogens is 216 g/mol. The first-order chi connectivity index (χ1) is 7.75. The maximum atomic E-state index is 5.68. The summed E-state index contributed by atoms with van der Waals surface area (Å²) in [6.07, 6.45) is 2.66. The van der Waals surface area contributed by atoms with Gasteiger partial charge < -0.3 is 5.73 Å². The molecule has 2 N–H and O–H groups in total. The number of benzene rings is 1. The zero-order valence-corrected chi connectivity index (χ0v) is 10.7. The van der Waals surface area contributed by atoms with Gasteiger partial charge in [0.05, 0.1) is 0 Å². The number of nitrogens with zero attached hydrogens (tertiary/aromatic N) is 1. The molecule has 1 aliphatic rings. The molecule has 88 valence electrons. The van der Waals surface area contributed by atoms with E-state index < -0.39 is 0 Å². The minimum atomic E-state index is 0.763. The molecule has 1 aliphatic heterocycles. The van der Waals surface area contributed by atoms with Crippen molar-refractivity contribution in [1.82, 2.24) is 4.90 Å². The third-order valence-corrected chi connectivity index (χ3v) is 4.27. The van der Waals surface area contributed by atoms with Crippen LogP contribution in [-0.2, 0) is 6.54 Å². The van der Waals surface area contributed by atoms with E-state index in [9.17, 15) is 0 Å². The van der Waals surface area contributed by atoms with E-state index in [1.165, 1.54) is 29.9 Å². The molecule has 1 heterocycles. The normalized spacial score (nSPS) is 17.9. The molecule has 0 radical (unpaired) electrons. The van der Waals surface area contributed by atoms with Gasteiger partial charge in [-0.15, -0.1) is 0 Å². The fraction of sp³-hybridized carbons (Fsp3) is 0.538. The Kier molecular flexibility index (Phi) is 4.13. The molecule has 0 amide bonds. The predicted molar refractivity (Wildman–Crippen MR) is 72.7 cm³/mol. The third-order valence-electron chi connectivity index (χ3n) is 3.23. The van der Waals surface area contributed by atoms with Gasteiger partial charge in [-0.1, -0.05) is 12.1 Å². The number of hydrogen-bond acceptors (Lipinski definition) is 3. The van der Waals surface area contributed by atoms with Crippen LogP contribution in [0.15, 0.2) is 24.3 Å². The van der Waals surface area contributed by atoms with E-state index in [1.807, 2.05) is 12.1 Å². The maximum absolute atomic E-state index is 5.68. The van der Waals surface area contributed by atoms with Gasteiger partial charge in [-0.25, -0.2) is 0 Å². The summed E-state index contributed by atoms with van der Waals surface area (Å²) in [5, 5.41) is 0. The summed E-state index contributed by atoms with van der Waals surface area (Å²) in [5.74, 6) is 2.63. The van der Waals surface area contributed by atoms with Crippen molar-refractivity contribution in [3.8, 4) is 0 Å². The van der Waals surface area contributed by atoms with Crippen LogP contribution in [0.5, 0.6) is 0 Å². The molecule has 1 saturated heterocycles. The summed E-state index contributed by atoms with van der Waals surface area (Å²) in [7, 11) is 2.23. The topological polar surface area (TPSA) is 29.3 Å². The molecule has 0 saturated carbocycles. The zero-order valence-electron chi connectivity index (χ0n) is 9.86. The lowest BCUT2D eigenvalue weighted by molar-refractivity contribution is 0.221. The van der Waals surface area contributed by atoms with Gasteiger partial charge in [-0.2, -0.15) is 11.8 Å². The summed E-state index contributed by atoms with van der Waals surface area (Å²) in [4.78, 5) is 2.48. The molecule has 0 spiro atoms. The molecule has 0 atom stereocenters. The fourth-order valence-corrected chi connectivity index (χ4v) is 3.25. The molecule has 0 aliphatic carbocycles. The number of rotatable bonds is 3. The van der Waals surface area contributed by atoms with Gasteiger partial charge in [-0.3, -0.25) is 4.90 Å². The summed E-state index contributed by atoms with van der Waals surface area (Å²) in [6, 6.07) is 8.99. The second-order valence-electron chi connectivity index (χ2n) is 4.50. The molecule has 3 heteroatoms. The zero-order chi connectivity index (χ0) is 11.4. The second-order valence-corrected chi connectivity index (χ2v) is 5.72. The van der Waals surface area contributed by atoms with Gasteiger partial charge in [0.1, 0.15) is 0 Å². The van der Waals surface area contributed by atoms with Crippen LogP contribution in [0.3, 0.4) is 0 Å². The Balaban J connectivity index is 1.90. The lowest BCUT2D eigenvalue weighted by Gasteiger charge is -2.31. The van der Waals surface area contributed by atoms with Crippen LogP contribution in [-0.4, -0.2) is 29.5 Å². The standard InChI is InChI=1S/C13H20N2S/c1-15(13-6-8-16-9-7-13)10-11-2-4-12(14)5-3-11/h2-5,13H,6-10,14H2,1H3. The molecule has 2 nitrogen and oxygen atoms in total. The van der Waals surface area contributed by atoms with Gasteiger partial charge in [-0.05, 0) is 49.1 Å². The van der Waals surface area contributed by atoms with Crippen molar-refractivity contribution in [2.45, 2.75) is 25.4 Å². The summed E-state index contributed by atoms with van der Waals surface area (Å²) < 4.78 is 0. The largest absolute Gasteiger partial charge is 0.399 e. The van der Waals surface area contributed by atoms with Crippen LogP contribution in [0.1, 0.15) is 18.4 Å². The first kappa shape index (κ1) is 11.8. The maximum Gasteiger partial charge on any atom is 0.0314 e. The first-order valence-corrected chi connectivity index (χ1v) is 7.03. The Labute approximate surface area is 102 Å². The quantitative estimate of drug-likeness (QED) is 0.818. The highest BCUT2D eigenvalue weighted by Crippen LogP contribution is 2.22. The Hall–Kier alpha value is -0.670. The molecule has 1 aromatic rings.